The van der Waals surface area contributed by atoms with Crippen LogP contribution >= 0.6 is 0 Å². The number of primary amides is 1. The summed E-state index contributed by atoms with van der Waals surface area (Å²) in [7, 11) is 0. The fraction of sp³-hybridized carbons (Fsp3) is 0.400. The van der Waals surface area contributed by atoms with Crippen molar-refractivity contribution >= 4 is 6.09 Å². The number of aliphatic hydroxyl groups is 1. The van der Waals surface area contributed by atoms with Crippen molar-refractivity contribution in [3.8, 4) is 0 Å². The van der Waals surface area contributed by atoms with Gasteiger partial charge in [0.05, 0.1) is 6.26 Å². The summed E-state index contributed by atoms with van der Waals surface area (Å²) in [6.07, 6.45) is 2.28. The van der Waals surface area contributed by atoms with Crippen LogP contribution in [0.15, 0.2) is 12.3 Å². The van der Waals surface area contributed by atoms with Crippen molar-refractivity contribution in [2.75, 3.05) is 6.61 Å². The van der Waals surface area contributed by atoms with E-state index >= 15 is 0 Å². The number of amides is 1. The molecule has 0 fully saturated rings. The van der Waals surface area contributed by atoms with E-state index in [1.807, 2.05) is 0 Å². The first-order chi connectivity index (χ1) is 4.27. The van der Waals surface area contributed by atoms with Gasteiger partial charge in [-0.05, 0) is 12.5 Å². The van der Waals surface area contributed by atoms with Gasteiger partial charge in [0.15, 0.2) is 0 Å². The maximum atomic E-state index is 9.85. The summed E-state index contributed by atoms with van der Waals surface area (Å²) in [5.41, 5.74) is 4.60. The van der Waals surface area contributed by atoms with Crippen LogP contribution in [0, 0.1) is 0 Å². The van der Waals surface area contributed by atoms with Crippen LogP contribution in [0.25, 0.3) is 0 Å². The molecule has 0 bridgehead atoms. The van der Waals surface area contributed by atoms with Crippen molar-refractivity contribution in [2.45, 2.75) is 6.42 Å². The smallest absolute Gasteiger partial charge is 0.409 e. The molecule has 52 valence electrons. The number of carbonyl (C=O) groups is 1. The van der Waals surface area contributed by atoms with Gasteiger partial charge in [-0.25, -0.2) is 4.79 Å². The fourth-order valence-electron chi connectivity index (χ4n) is 0.258. The number of ether oxygens (including phenoxy) is 1. The van der Waals surface area contributed by atoms with Gasteiger partial charge in [0, 0.05) is 6.61 Å². The van der Waals surface area contributed by atoms with E-state index in [0.717, 1.165) is 6.26 Å². The molecule has 0 aliphatic rings. The lowest BCUT2D eigenvalue weighted by Crippen LogP contribution is -2.08. The van der Waals surface area contributed by atoms with Gasteiger partial charge in [0.1, 0.15) is 0 Å². The molecule has 0 unspecified atom stereocenters. The van der Waals surface area contributed by atoms with E-state index in [1.165, 1.54) is 6.08 Å². The zero-order chi connectivity index (χ0) is 7.11. The molecule has 0 heterocycles. The summed E-state index contributed by atoms with van der Waals surface area (Å²) in [6, 6.07) is 0. The predicted molar refractivity (Wildman–Crippen MR) is 31.5 cm³/mol. The molecule has 0 radical (unpaired) electrons. The number of aliphatic hydroxyl groups excluding tert-OH is 1. The van der Waals surface area contributed by atoms with E-state index < -0.39 is 6.09 Å². The Morgan fingerprint density at radius 3 is 2.89 bits per heavy atom. The summed E-state index contributed by atoms with van der Waals surface area (Å²) >= 11 is 0. The van der Waals surface area contributed by atoms with Crippen molar-refractivity contribution in [1.29, 1.82) is 0 Å². The van der Waals surface area contributed by atoms with E-state index in [0.29, 0.717) is 6.42 Å². The standard InChI is InChI=1S/C5H9NO3/c6-5(8)9-4-2-1-3-7/h2,4,7H,1,3H2,(H2,6,8). The molecule has 0 saturated carbocycles. The Kier molecular flexibility index (Phi) is 4.53. The molecule has 0 rings (SSSR count). The van der Waals surface area contributed by atoms with Crippen molar-refractivity contribution in [3.63, 3.8) is 0 Å². The summed E-state index contributed by atoms with van der Waals surface area (Å²) in [5.74, 6) is 0. The lowest BCUT2D eigenvalue weighted by Gasteiger charge is -1.88. The van der Waals surface area contributed by atoms with Crippen LogP contribution in [0.3, 0.4) is 0 Å². The van der Waals surface area contributed by atoms with Crippen LogP contribution < -0.4 is 5.73 Å². The summed E-state index contributed by atoms with van der Waals surface area (Å²) in [6.45, 7) is 0.0403. The monoisotopic (exact) mass is 131 g/mol. The molecule has 4 heteroatoms. The van der Waals surface area contributed by atoms with Crippen LogP contribution in [-0.4, -0.2) is 17.8 Å². The molecule has 9 heavy (non-hydrogen) atoms. The molecule has 3 N–H and O–H groups in total. The van der Waals surface area contributed by atoms with Crippen molar-refractivity contribution in [3.05, 3.63) is 12.3 Å². The van der Waals surface area contributed by atoms with Gasteiger partial charge >= 0.3 is 6.09 Å². The van der Waals surface area contributed by atoms with Gasteiger partial charge in [-0.3, -0.25) is 0 Å². The highest BCUT2D eigenvalue weighted by atomic mass is 16.5. The second-order valence-electron chi connectivity index (χ2n) is 1.32. The average molecular weight is 131 g/mol. The summed E-state index contributed by atoms with van der Waals surface area (Å²) in [5, 5.41) is 8.21. The van der Waals surface area contributed by atoms with Crippen molar-refractivity contribution in [1.82, 2.24) is 0 Å². The number of hydrogen-bond donors (Lipinski definition) is 2. The zero-order valence-corrected chi connectivity index (χ0v) is 4.91. The normalized spacial score (nSPS) is 9.89. The van der Waals surface area contributed by atoms with Crippen molar-refractivity contribution in [2.24, 2.45) is 5.73 Å². The molecule has 0 spiro atoms. The molecule has 4 nitrogen and oxygen atoms in total. The largest absolute Gasteiger partial charge is 0.419 e. The molecular weight excluding hydrogens is 122 g/mol. The predicted octanol–water partition coefficient (Wildman–Crippen LogP) is -0.0222. The lowest BCUT2D eigenvalue weighted by molar-refractivity contribution is 0.196. The van der Waals surface area contributed by atoms with E-state index in [2.05, 4.69) is 10.5 Å². The SMILES string of the molecule is NC(=O)OC=CCCO. The lowest BCUT2D eigenvalue weighted by atomic mass is 10.4. The molecule has 1 amide bonds. The fourth-order valence-corrected chi connectivity index (χ4v) is 0.258. The maximum absolute atomic E-state index is 9.85. The third kappa shape index (κ3) is 6.97. The van der Waals surface area contributed by atoms with E-state index in [9.17, 15) is 4.79 Å². The highest BCUT2D eigenvalue weighted by molar-refractivity contribution is 5.65. The summed E-state index contributed by atoms with van der Waals surface area (Å²) < 4.78 is 4.19. The Balaban J connectivity index is 3.14. The summed E-state index contributed by atoms with van der Waals surface area (Å²) in [4.78, 5) is 9.85. The minimum Gasteiger partial charge on any atom is -0.419 e. The number of rotatable bonds is 3. The Bertz CT molecular complexity index is 111. The number of carbonyl (C=O) groups excluding carboxylic acids is 1. The minimum atomic E-state index is -0.843. The van der Waals surface area contributed by atoms with Crippen LogP contribution in [0.4, 0.5) is 4.79 Å². The second kappa shape index (κ2) is 5.11. The average Bonchev–Trinajstić information content (AvgIpc) is 1.80. The van der Waals surface area contributed by atoms with Crippen LogP contribution in [-0.2, 0) is 4.74 Å². The van der Waals surface area contributed by atoms with Crippen LogP contribution in [0.5, 0.6) is 0 Å². The molecule has 0 aromatic heterocycles. The first-order valence-corrected chi connectivity index (χ1v) is 2.49. The molecule has 0 aliphatic heterocycles. The van der Waals surface area contributed by atoms with E-state index in [-0.39, 0.29) is 6.61 Å². The second-order valence-corrected chi connectivity index (χ2v) is 1.32. The van der Waals surface area contributed by atoms with Gasteiger partial charge in [-0.2, -0.15) is 0 Å². The third-order valence-electron chi connectivity index (χ3n) is 0.576. The molecule has 0 aromatic rings. The molecule has 0 aliphatic carbocycles. The molecular formula is C5H9NO3. The number of nitrogens with two attached hydrogens (primary N) is 1. The quantitative estimate of drug-likeness (QED) is 0.528. The third-order valence-corrected chi connectivity index (χ3v) is 0.576. The van der Waals surface area contributed by atoms with Gasteiger partial charge in [-0.1, -0.05) is 0 Å². The number of hydrogen-bond acceptors (Lipinski definition) is 3. The van der Waals surface area contributed by atoms with Crippen molar-refractivity contribution < 1.29 is 14.6 Å². The maximum Gasteiger partial charge on any atom is 0.409 e. The van der Waals surface area contributed by atoms with Gasteiger partial charge < -0.3 is 15.6 Å². The first kappa shape index (κ1) is 7.97. The Morgan fingerprint density at radius 2 is 2.44 bits per heavy atom. The molecule has 0 atom stereocenters. The highest BCUT2D eigenvalue weighted by Crippen LogP contribution is 1.81. The first-order valence-electron chi connectivity index (χ1n) is 2.49. The Hall–Kier alpha value is -1.03. The van der Waals surface area contributed by atoms with E-state index in [4.69, 9.17) is 5.11 Å². The van der Waals surface area contributed by atoms with Gasteiger partial charge in [-0.15, -0.1) is 0 Å². The van der Waals surface area contributed by atoms with Crippen LogP contribution in [0.1, 0.15) is 6.42 Å². The van der Waals surface area contributed by atoms with Gasteiger partial charge in [0.25, 0.3) is 0 Å². The van der Waals surface area contributed by atoms with Gasteiger partial charge in [0.2, 0.25) is 0 Å². The zero-order valence-electron chi connectivity index (χ0n) is 4.91. The van der Waals surface area contributed by atoms with Crippen LogP contribution in [0.2, 0.25) is 0 Å². The topological polar surface area (TPSA) is 72.6 Å². The highest BCUT2D eigenvalue weighted by Gasteiger charge is 1.83. The Morgan fingerprint density at radius 1 is 1.78 bits per heavy atom. The van der Waals surface area contributed by atoms with E-state index in [1.54, 1.807) is 0 Å². The Labute approximate surface area is 52.9 Å². The molecule has 0 saturated heterocycles. The minimum absolute atomic E-state index is 0.0403. The molecule has 0 aromatic carbocycles.